The monoisotopic (exact) mass is 279 g/mol. The molecular weight excluding hydrogens is 261 g/mol. The van der Waals surface area contributed by atoms with Crippen molar-refractivity contribution >= 4 is 16.5 Å². The third-order valence-electron chi connectivity index (χ3n) is 3.03. The van der Waals surface area contributed by atoms with Crippen LogP contribution in [0.4, 0.5) is 9.52 Å². The largest absolute Gasteiger partial charge is 0.365 e. The summed E-state index contributed by atoms with van der Waals surface area (Å²) in [5.74, 6) is 0.119. The zero-order chi connectivity index (χ0) is 13.8. The molecule has 19 heavy (non-hydrogen) atoms. The first-order valence-corrected chi connectivity index (χ1v) is 7.11. The Balaban J connectivity index is 2.42. The van der Waals surface area contributed by atoms with Crippen molar-refractivity contribution in [1.82, 2.24) is 4.98 Å². The van der Waals surface area contributed by atoms with E-state index < -0.39 is 0 Å². The molecule has 0 aliphatic rings. The number of rotatable bonds is 5. The van der Waals surface area contributed by atoms with Gasteiger partial charge >= 0.3 is 0 Å². The fourth-order valence-electron chi connectivity index (χ4n) is 1.97. The Labute approximate surface area is 116 Å². The van der Waals surface area contributed by atoms with Crippen molar-refractivity contribution in [2.45, 2.75) is 19.3 Å². The van der Waals surface area contributed by atoms with Crippen molar-refractivity contribution in [3.63, 3.8) is 0 Å². The molecule has 0 aliphatic heterocycles. The highest BCUT2D eigenvalue weighted by Gasteiger charge is 2.17. The van der Waals surface area contributed by atoms with Crippen LogP contribution >= 0.6 is 11.3 Å². The highest BCUT2D eigenvalue weighted by atomic mass is 32.1. The summed E-state index contributed by atoms with van der Waals surface area (Å²) in [5, 5.41) is 3.94. The van der Waals surface area contributed by atoms with E-state index in [9.17, 15) is 4.39 Å². The second-order valence-corrected chi connectivity index (χ2v) is 5.50. The average Bonchev–Trinajstić information content (AvgIpc) is 2.84. The number of hydrogen-bond donors (Lipinski definition) is 2. The average molecular weight is 279 g/mol. The van der Waals surface area contributed by atoms with Gasteiger partial charge in [0.1, 0.15) is 5.82 Å². The highest BCUT2D eigenvalue weighted by molar-refractivity contribution is 7.16. The Bertz CT molecular complexity index is 536. The van der Waals surface area contributed by atoms with Crippen LogP contribution in [0.2, 0.25) is 0 Å². The van der Waals surface area contributed by atoms with Crippen molar-refractivity contribution in [3.8, 4) is 11.3 Å². The minimum Gasteiger partial charge on any atom is -0.365 e. The molecule has 0 amide bonds. The summed E-state index contributed by atoms with van der Waals surface area (Å²) >= 11 is 1.64. The van der Waals surface area contributed by atoms with E-state index in [0.717, 1.165) is 22.8 Å². The molecule has 0 spiro atoms. The fraction of sp³-hybridized carbons (Fsp3) is 0.357. The summed E-state index contributed by atoms with van der Waals surface area (Å²) in [6.45, 7) is 2.80. The van der Waals surface area contributed by atoms with Crippen LogP contribution in [0.25, 0.3) is 11.3 Å². The van der Waals surface area contributed by atoms with Crippen LogP contribution in [0.15, 0.2) is 24.3 Å². The predicted octanol–water partition coefficient (Wildman–Crippen LogP) is 3.44. The molecule has 1 atom stereocenters. The minimum atomic E-state index is -0.232. The smallest absolute Gasteiger partial charge is 0.183 e. The van der Waals surface area contributed by atoms with Gasteiger partial charge in [-0.2, -0.15) is 0 Å². The van der Waals surface area contributed by atoms with Gasteiger partial charge in [0.25, 0.3) is 0 Å². The van der Waals surface area contributed by atoms with Gasteiger partial charge in [-0.05, 0) is 43.1 Å². The van der Waals surface area contributed by atoms with Crippen LogP contribution in [0.1, 0.15) is 24.1 Å². The van der Waals surface area contributed by atoms with Crippen molar-refractivity contribution < 1.29 is 4.39 Å². The lowest BCUT2D eigenvalue weighted by molar-refractivity contribution is 0.628. The molecule has 0 radical (unpaired) electrons. The topological polar surface area (TPSA) is 50.9 Å². The molecule has 3 nitrogen and oxygen atoms in total. The van der Waals surface area contributed by atoms with Gasteiger partial charge in [0.05, 0.1) is 5.69 Å². The van der Waals surface area contributed by atoms with E-state index in [0.29, 0.717) is 12.5 Å². The Morgan fingerprint density at radius 2 is 2.05 bits per heavy atom. The molecule has 1 unspecified atom stereocenters. The van der Waals surface area contributed by atoms with Gasteiger partial charge in [0, 0.05) is 17.5 Å². The molecule has 0 bridgehead atoms. The Hall–Kier alpha value is -1.46. The molecule has 102 valence electrons. The summed E-state index contributed by atoms with van der Waals surface area (Å²) in [6.07, 6.45) is 0.916. The molecule has 2 aromatic rings. The van der Waals surface area contributed by atoms with Gasteiger partial charge in [-0.1, -0.05) is 6.92 Å². The SMILES string of the molecule is CNc1nc(-c2ccc(F)cc2)c(C(C)CCN)s1. The maximum absolute atomic E-state index is 13.0. The molecule has 0 saturated carbocycles. The maximum atomic E-state index is 13.0. The van der Waals surface area contributed by atoms with Gasteiger partial charge in [-0.3, -0.25) is 0 Å². The number of halogens is 1. The number of aromatic nitrogens is 1. The van der Waals surface area contributed by atoms with E-state index in [1.54, 1.807) is 23.5 Å². The molecule has 5 heteroatoms. The predicted molar refractivity (Wildman–Crippen MR) is 79.1 cm³/mol. The number of benzene rings is 1. The minimum absolute atomic E-state index is 0.232. The molecular formula is C14H18FN3S. The Morgan fingerprint density at radius 1 is 1.37 bits per heavy atom. The highest BCUT2D eigenvalue weighted by Crippen LogP contribution is 2.37. The molecule has 2 rings (SSSR count). The quantitative estimate of drug-likeness (QED) is 0.881. The first-order valence-electron chi connectivity index (χ1n) is 6.30. The second-order valence-electron chi connectivity index (χ2n) is 4.47. The lowest BCUT2D eigenvalue weighted by Gasteiger charge is -2.09. The van der Waals surface area contributed by atoms with E-state index >= 15 is 0 Å². The molecule has 0 aliphatic carbocycles. The van der Waals surface area contributed by atoms with Gasteiger partial charge < -0.3 is 11.1 Å². The summed E-state index contributed by atoms with van der Waals surface area (Å²) in [4.78, 5) is 5.77. The van der Waals surface area contributed by atoms with E-state index in [-0.39, 0.29) is 5.82 Å². The summed E-state index contributed by atoms with van der Waals surface area (Å²) in [5.41, 5.74) is 7.50. The number of thiazole rings is 1. The van der Waals surface area contributed by atoms with Gasteiger partial charge in [-0.15, -0.1) is 11.3 Å². The molecule has 1 heterocycles. The van der Waals surface area contributed by atoms with E-state index in [4.69, 9.17) is 5.73 Å². The van der Waals surface area contributed by atoms with Crippen molar-refractivity contribution in [1.29, 1.82) is 0 Å². The van der Waals surface area contributed by atoms with Crippen LogP contribution in [-0.2, 0) is 0 Å². The van der Waals surface area contributed by atoms with Crippen molar-refractivity contribution in [2.75, 3.05) is 18.9 Å². The number of nitrogens with zero attached hydrogens (tertiary/aromatic N) is 1. The van der Waals surface area contributed by atoms with E-state index in [1.807, 2.05) is 7.05 Å². The van der Waals surface area contributed by atoms with Crippen molar-refractivity contribution in [2.24, 2.45) is 5.73 Å². The Kier molecular flexibility index (Phi) is 4.50. The molecule has 0 fully saturated rings. The van der Waals surface area contributed by atoms with Crippen LogP contribution in [-0.4, -0.2) is 18.6 Å². The molecule has 1 aromatic heterocycles. The fourth-order valence-corrected chi connectivity index (χ4v) is 3.00. The van der Waals surface area contributed by atoms with Crippen LogP contribution in [0, 0.1) is 5.82 Å². The Morgan fingerprint density at radius 3 is 2.63 bits per heavy atom. The molecule has 3 N–H and O–H groups in total. The van der Waals surface area contributed by atoms with Gasteiger partial charge in [0.15, 0.2) is 5.13 Å². The van der Waals surface area contributed by atoms with Gasteiger partial charge in [-0.25, -0.2) is 9.37 Å². The number of nitrogens with two attached hydrogens (primary N) is 1. The van der Waals surface area contributed by atoms with Crippen LogP contribution < -0.4 is 11.1 Å². The summed E-state index contributed by atoms with van der Waals surface area (Å²) in [6, 6.07) is 6.46. The van der Waals surface area contributed by atoms with E-state index in [2.05, 4.69) is 17.2 Å². The van der Waals surface area contributed by atoms with Crippen LogP contribution in [0.3, 0.4) is 0 Å². The lowest BCUT2D eigenvalue weighted by Crippen LogP contribution is -2.04. The number of hydrogen-bond acceptors (Lipinski definition) is 4. The molecule has 0 saturated heterocycles. The zero-order valence-electron chi connectivity index (χ0n) is 11.1. The summed E-state index contributed by atoms with van der Waals surface area (Å²) < 4.78 is 13.0. The van der Waals surface area contributed by atoms with Gasteiger partial charge in [0.2, 0.25) is 0 Å². The third-order valence-corrected chi connectivity index (χ3v) is 4.34. The first-order chi connectivity index (χ1) is 9.15. The first kappa shape index (κ1) is 14.0. The van der Waals surface area contributed by atoms with Crippen LogP contribution in [0.5, 0.6) is 0 Å². The standard InChI is InChI=1S/C14H18FN3S/c1-9(7-8-16)13-12(18-14(17-2)19-13)10-3-5-11(15)6-4-10/h3-6,9H,7-8,16H2,1-2H3,(H,17,18). The van der Waals surface area contributed by atoms with Crippen molar-refractivity contribution in [3.05, 3.63) is 35.0 Å². The normalized spacial score (nSPS) is 12.4. The van der Waals surface area contributed by atoms with E-state index in [1.165, 1.54) is 17.0 Å². The summed E-state index contributed by atoms with van der Waals surface area (Å²) in [7, 11) is 1.85. The second kappa shape index (κ2) is 6.12. The molecule has 1 aromatic carbocycles. The third kappa shape index (κ3) is 3.11. The lowest BCUT2D eigenvalue weighted by atomic mass is 10.0. The number of nitrogens with one attached hydrogen (secondary N) is 1. The number of anilines is 1. The maximum Gasteiger partial charge on any atom is 0.183 e. The zero-order valence-corrected chi connectivity index (χ0v) is 11.9.